The monoisotopic (exact) mass is 256 g/mol. The Balaban J connectivity index is 3.03. The van der Waals surface area contributed by atoms with Gasteiger partial charge in [0.2, 0.25) is 0 Å². The summed E-state index contributed by atoms with van der Waals surface area (Å²) in [5.41, 5.74) is 6.44. The zero-order chi connectivity index (χ0) is 10.6. The summed E-state index contributed by atoms with van der Waals surface area (Å²) in [6, 6.07) is 5.61. The third-order valence-electron chi connectivity index (χ3n) is 1.73. The molecule has 0 unspecified atom stereocenters. The average molecular weight is 257 g/mol. The van der Waals surface area contributed by atoms with Crippen LogP contribution in [0.15, 0.2) is 27.7 Å². The number of nitrogens with zero attached hydrogens (tertiary/aromatic N) is 1. The highest BCUT2D eigenvalue weighted by Crippen LogP contribution is 2.26. The number of rotatable bonds is 3. The van der Waals surface area contributed by atoms with E-state index in [2.05, 4.69) is 20.9 Å². The Kier molecular flexibility index (Phi) is 3.95. The molecule has 1 rings (SSSR count). The van der Waals surface area contributed by atoms with Crippen molar-refractivity contribution in [2.45, 2.75) is 13.3 Å². The SMILES string of the molecule is CCC(N)=Nc1cc(Br)cc(OC)c1. The summed E-state index contributed by atoms with van der Waals surface area (Å²) in [6.45, 7) is 1.97. The maximum absolute atomic E-state index is 5.64. The van der Waals surface area contributed by atoms with Gasteiger partial charge in [-0.1, -0.05) is 22.9 Å². The van der Waals surface area contributed by atoms with Gasteiger partial charge in [-0.05, 0) is 12.1 Å². The predicted molar refractivity (Wildman–Crippen MR) is 62.3 cm³/mol. The van der Waals surface area contributed by atoms with E-state index in [-0.39, 0.29) is 0 Å². The minimum atomic E-state index is 0.616. The van der Waals surface area contributed by atoms with Gasteiger partial charge in [0.05, 0.1) is 18.6 Å². The summed E-state index contributed by atoms with van der Waals surface area (Å²) in [4.78, 5) is 4.23. The van der Waals surface area contributed by atoms with E-state index in [0.29, 0.717) is 5.84 Å². The van der Waals surface area contributed by atoms with E-state index in [1.165, 1.54) is 0 Å². The minimum Gasteiger partial charge on any atom is -0.497 e. The van der Waals surface area contributed by atoms with Crippen molar-refractivity contribution in [2.75, 3.05) is 7.11 Å². The van der Waals surface area contributed by atoms with E-state index in [4.69, 9.17) is 10.5 Å². The van der Waals surface area contributed by atoms with Gasteiger partial charge in [-0.15, -0.1) is 0 Å². The van der Waals surface area contributed by atoms with E-state index >= 15 is 0 Å². The van der Waals surface area contributed by atoms with Gasteiger partial charge < -0.3 is 10.5 Å². The standard InChI is InChI=1S/C10H13BrN2O/c1-3-10(12)13-8-4-7(11)5-9(6-8)14-2/h4-6H,3H2,1-2H3,(H2,12,13). The fourth-order valence-electron chi connectivity index (χ4n) is 0.975. The summed E-state index contributed by atoms with van der Waals surface area (Å²) in [7, 11) is 1.62. The van der Waals surface area contributed by atoms with Crippen molar-refractivity contribution in [3.8, 4) is 5.75 Å². The molecule has 4 heteroatoms. The first-order chi connectivity index (χ1) is 6.65. The number of nitrogens with two attached hydrogens (primary N) is 1. The molecule has 0 radical (unpaired) electrons. The maximum atomic E-state index is 5.64. The van der Waals surface area contributed by atoms with Crippen LogP contribution < -0.4 is 10.5 Å². The second-order valence-corrected chi connectivity index (χ2v) is 3.72. The summed E-state index contributed by atoms with van der Waals surface area (Å²) < 4.78 is 6.04. The lowest BCUT2D eigenvalue weighted by molar-refractivity contribution is 0.414. The first-order valence-electron chi connectivity index (χ1n) is 4.33. The van der Waals surface area contributed by atoms with Gasteiger partial charge in [0.25, 0.3) is 0 Å². The molecule has 2 N–H and O–H groups in total. The molecule has 0 heterocycles. The van der Waals surface area contributed by atoms with Crippen molar-refractivity contribution in [1.29, 1.82) is 0 Å². The number of hydrogen-bond donors (Lipinski definition) is 1. The number of aliphatic imine (C=N–C) groups is 1. The van der Waals surface area contributed by atoms with Gasteiger partial charge in [-0.25, -0.2) is 4.99 Å². The molecule has 0 spiro atoms. The number of ether oxygens (including phenoxy) is 1. The molecule has 0 saturated carbocycles. The summed E-state index contributed by atoms with van der Waals surface area (Å²) in [6.07, 6.45) is 0.745. The molecular formula is C10H13BrN2O. The first-order valence-corrected chi connectivity index (χ1v) is 5.12. The summed E-state index contributed by atoms with van der Waals surface area (Å²) in [5, 5.41) is 0. The van der Waals surface area contributed by atoms with Crippen LogP contribution in [0.5, 0.6) is 5.75 Å². The Hall–Kier alpha value is -1.03. The van der Waals surface area contributed by atoms with Crippen molar-refractivity contribution in [1.82, 2.24) is 0 Å². The van der Waals surface area contributed by atoms with Crippen molar-refractivity contribution in [2.24, 2.45) is 10.7 Å². The third kappa shape index (κ3) is 3.03. The van der Waals surface area contributed by atoms with Gasteiger partial charge in [-0.2, -0.15) is 0 Å². The molecule has 14 heavy (non-hydrogen) atoms. The Morgan fingerprint density at radius 1 is 1.50 bits per heavy atom. The molecule has 3 nitrogen and oxygen atoms in total. The zero-order valence-corrected chi connectivity index (χ0v) is 9.84. The minimum absolute atomic E-state index is 0.616. The molecule has 1 aromatic carbocycles. The van der Waals surface area contributed by atoms with E-state index in [9.17, 15) is 0 Å². The molecule has 0 aliphatic rings. The lowest BCUT2D eigenvalue weighted by atomic mass is 10.3. The van der Waals surface area contributed by atoms with Crippen LogP contribution in [0.4, 0.5) is 5.69 Å². The summed E-state index contributed by atoms with van der Waals surface area (Å²) >= 11 is 3.38. The molecule has 0 amide bonds. The quantitative estimate of drug-likeness (QED) is 0.668. The Labute approximate surface area is 92.1 Å². The van der Waals surface area contributed by atoms with E-state index in [0.717, 1.165) is 22.3 Å². The summed E-state index contributed by atoms with van der Waals surface area (Å²) in [5.74, 6) is 1.38. The van der Waals surface area contributed by atoms with Gasteiger partial charge in [0.15, 0.2) is 0 Å². The van der Waals surface area contributed by atoms with E-state index in [1.807, 2.05) is 25.1 Å². The smallest absolute Gasteiger partial charge is 0.122 e. The molecule has 1 aromatic rings. The van der Waals surface area contributed by atoms with Gasteiger partial charge in [-0.3, -0.25) is 0 Å². The number of hydrogen-bond acceptors (Lipinski definition) is 2. The fraction of sp³-hybridized carbons (Fsp3) is 0.300. The van der Waals surface area contributed by atoms with Crippen LogP contribution in [0.3, 0.4) is 0 Å². The molecule has 0 aliphatic heterocycles. The van der Waals surface area contributed by atoms with Gasteiger partial charge in [0, 0.05) is 17.0 Å². The topological polar surface area (TPSA) is 47.6 Å². The van der Waals surface area contributed by atoms with Gasteiger partial charge in [0.1, 0.15) is 5.75 Å². The van der Waals surface area contributed by atoms with Crippen LogP contribution in [0.25, 0.3) is 0 Å². The lowest BCUT2D eigenvalue weighted by Gasteiger charge is -2.03. The van der Waals surface area contributed by atoms with Crippen LogP contribution in [-0.2, 0) is 0 Å². The van der Waals surface area contributed by atoms with Crippen molar-refractivity contribution in [3.63, 3.8) is 0 Å². The van der Waals surface area contributed by atoms with Crippen LogP contribution in [0.1, 0.15) is 13.3 Å². The largest absolute Gasteiger partial charge is 0.497 e. The zero-order valence-electron chi connectivity index (χ0n) is 8.25. The average Bonchev–Trinajstić information content (AvgIpc) is 2.16. The molecule has 0 bridgehead atoms. The number of benzene rings is 1. The van der Waals surface area contributed by atoms with E-state index < -0.39 is 0 Å². The van der Waals surface area contributed by atoms with Crippen molar-refractivity contribution in [3.05, 3.63) is 22.7 Å². The molecule has 76 valence electrons. The molecule has 0 aromatic heterocycles. The molecule has 0 atom stereocenters. The second-order valence-electron chi connectivity index (χ2n) is 2.81. The Morgan fingerprint density at radius 2 is 2.21 bits per heavy atom. The highest BCUT2D eigenvalue weighted by molar-refractivity contribution is 9.10. The maximum Gasteiger partial charge on any atom is 0.122 e. The predicted octanol–water partition coefficient (Wildman–Crippen LogP) is 2.86. The number of amidine groups is 1. The Bertz CT molecular complexity index is 350. The molecule has 0 fully saturated rings. The van der Waals surface area contributed by atoms with Crippen molar-refractivity contribution >= 4 is 27.5 Å². The van der Waals surface area contributed by atoms with Crippen LogP contribution in [0.2, 0.25) is 0 Å². The Morgan fingerprint density at radius 3 is 2.79 bits per heavy atom. The van der Waals surface area contributed by atoms with Crippen molar-refractivity contribution < 1.29 is 4.74 Å². The third-order valence-corrected chi connectivity index (χ3v) is 2.18. The molecule has 0 saturated heterocycles. The fourth-order valence-corrected chi connectivity index (χ4v) is 1.44. The lowest BCUT2D eigenvalue weighted by Crippen LogP contribution is -2.08. The van der Waals surface area contributed by atoms with Crippen LogP contribution >= 0.6 is 15.9 Å². The highest BCUT2D eigenvalue weighted by atomic mass is 79.9. The normalized spacial score (nSPS) is 11.5. The second kappa shape index (κ2) is 5.00. The molecular weight excluding hydrogens is 244 g/mol. The molecule has 0 aliphatic carbocycles. The van der Waals surface area contributed by atoms with Gasteiger partial charge >= 0.3 is 0 Å². The number of halogens is 1. The van der Waals surface area contributed by atoms with Crippen LogP contribution in [-0.4, -0.2) is 12.9 Å². The van der Waals surface area contributed by atoms with E-state index in [1.54, 1.807) is 7.11 Å². The highest BCUT2D eigenvalue weighted by Gasteiger charge is 1.98. The number of methoxy groups -OCH3 is 1. The first kappa shape index (κ1) is 11.0. The van der Waals surface area contributed by atoms with Crippen LogP contribution in [0, 0.1) is 0 Å².